The summed E-state index contributed by atoms with van der Waals surface area (Å²) in [5.41, 5.74) is 0.587. The number of amides is 1. The average Bonchev–Trinajstić information content (AvgIpc) is 3.31. The molecular weight excluding hydrogens is 425 g/mol. The van der Waals surface area contributed by atoms with E-state index in [4.69, 9.17) is 4.74 Å². The van der Waals surface area contributed by atoms with Crippen LogP contribution in [-0.2, 0) is 28.7 Å². The molecule has 0 N–H and O–H groups in total. The second-order valence-electron chi connectivity index (χ2n) is 7.41. The summed E-state index contributed by atoms with van der Waals surface area (Å²) in [5.74, 6) is -0.0518. The van der Waals surface area contributed by atoms with E-state index in [-0.39, 0.29) is 24.3 Å². The van der Waals surface area contributed by atoms with Gasteiger partial charge in [0.15, 0.2) is 0 Å². The van der Waals surface area contributed by atoms with E-state index in [1.165, 1.54) is 23.1 Å². The third-order valence-corrected chi connectivity index (χ3v) is 5.22. The van der Waals surface area contributed by atoms with Gasteiger partial charge in [-0.1, -0.05) is 24.3 Å². The molecule has 1 aliphatic heterocycles. The van der Waals surface area contributed by atoms with Crippen molar-refractivity contribution in [1.29, 1.82) is 0 Å². The normalized spacial score (nSPS) is 16.8. The number of ether oxygens (including phenoxy) is 1. The Morgan fingerprint density at radius 2 is 2.00 bits per heavy atom. The lowest BCUT2D eigenvalue weighted by Crippen LogP contribution is -2.42. The van der Waals surface area contributed by atoms with Crippen molar-refractivity contribution < 1.29 is 22.7 Å². The van der Waals surface area contributed by atoms with E-state index in [0.29, 0.717) is 37.6 Å². The maximum Gasteiger partial charge on any atom is 0.416 e. The van der Waals surface area contributed by atoms with Crippen molar-refractivity contribution in [2.75, 3.05) is 19.7 Å². The zero-order chi connectivity index (χ0) is 22.6. The highest BCUT2D eigenvalue weighted by Crippen LogP contribution is 2.33. The molecule has 3 aromatic rings. The van der Waals surface area contributed by atoms with Gasteiger partial charge in [-0.3, -0.25) is 9.78 Å². The summed E-state index contributed by atoms with van der Waals surface area (Å²) >= 11 is 0. The maximum absolute atomic E-state index is 13.3. The quantitative estimate of drug-likeness (QED) is 0.579. The van der Waals surface area contributed by atoms with E-state index < -0.39 is 17.8 Å². The molecule has 0 unspecified atom stereocenters. The fourth-order valence-electron chi connectivity index (χ4n) is 3.63. The second kappa shape index (κ2) is 9.43. The SMILES string of the molecule is O=C(CCn1cnnn1)N1CCO[C@H](c2cccc(Cc3ccccc3C(F)(F)F)n2)C1. The Balaban J connectivity index is 1.43. The van der Waals surface area contributed by atoms with Gasteiger partial charge in [0, 0.05) is 25.1 Å². The maximum atomic E-state index is 13.3. The van der Waals surface area contributed by atoms with Crippen LogP contribution in [-0.4, -0.2) is 55.7 Å². The molecule has 0 radical (unpaired) electrons. The number of alkyl halides is 3. The Morgan fingerprint density at radius 3 is 2.78 bits per heavy atom. The van der Waals surface area contributed by atoms with Crippen molar-refractivity contribution in [1.82, 2.24) is 30.1 Å². The number of aryl methyl sites for hydroxylation is 1. The van der Waals surface area contributed by atoms with Gasteiger partial charge < -0.3 is 9.64 Å². The van der Waals surface area contributed by atoms with Crippen molar-refractivity contribution in [3.05, 3.63) is 71.3 Å². The van der Waals surface area contributed by atoms with E-state index in [9.17, 15) is 18.0 Å². The minimum atomic E-state index is -4.43. The summed E-state index contributed by atoms with van der Waals surface area (Å²) in [4.78, 5) is 18.8. The first-order valence-electron chi connectivity index (χ1n) is 10.1. The Labute approximate surface area is 182 Å². The molecule has 0 aliphatic carbocycles. The van der Waals surface area contributed by atoms with Crippen LogP contribution in [0, 0.1) is 0 Å². The first-order valence-corrected chi connectivity index (χ1v) is 10.1. The Bertz CT molecular complexity index is 1060. The van der Waals surface area contributed by atoms with Crippen molar-refractivity contribution in [3.63, 3.8) is 0 Å². The van der Waals surface area contributed by atoms with Crippen LogP contribution in [0.4, 0.5) is 13.2 Å². The van der Waals surface area contributed by atoms with Crippen LogP contribution < -0.4 is 0 Å². The zero-order valence-electron chi connectivity index (χ0n) is 17.1. The Hall–Kier alpha value is -3.34. The van der Waals surface area contributed by atoms with Crippen LogP contribution in [0.2, 0.25) is 0 Å². The van der Waals surface area contributed by atoms with Crippen LogP contribution in [0.5, 0.6) is 0 Å². The first-order chi connectivity index (χ1) is 15.4. The predicted octanol–water partition coefficient (Wildman–Crippen LogP) is 2.67. The Kier molecular flexibility index (Phi) is 6.45. The smallest absolute Gasteiger partial charge is 0.368 e. The van der Waals surface area contributed by atoms with Crippen molar-refractivity contribution in [3.8, 4) is 0 Å². The summed E-state index contributed by atoms with van der Waals surface area (Å²) in [6.45, 7) is 1.51. The molecule has 0 spiro atoms. The van der Waals surface area contributed by atoms with Crippen LogP contribution in [0.3, 0.4) is 0 Å². The van der Waals surface area contributed by atoms with Crippen molar-refractivity contribution >= 4 is 5.91 Å². The second-order valence-corrected chi connectivity index (χ2v) is 7.41. The number of morpholine rings is 1. The molecule has 1 atom stereocenters. The monoisotopic (exact) mass is 446 g/mol. The molecule has 11 heteroatoms. The van der Waals surface area contributed by atoms with Gasteiger partial charge in [0.05, 0.1) is 31.0 Å². The summed E-state index contributed by atoms with van der Waals surface area (Å²) < 4.78 is 47.2. The topological polar surface area (TPSA) is 86.0 Å². The summed E-state index contributed by atoms with van der Waals surface area (Å²) in [6, 6.07) is 10.7. The molecule has 0 saturated carbocycles. The first kappa shape index (κ1) is 21.9. The van der Waals surface area contributed by atoms with Gasteiger partial charge >= 0.3 is 6.18 Å². The van der Waals surface area contributed by atoms with Gasteiger partial charge in [-0.25, -0.2) is 4.68 Å². The minimum Gasteiger partial charge on any atom is -0.368 e. The van der Waals surface area contributed by atoms with Crippen LogP contribution in [0.1, 0.15) is 35.0 Å². The number of halogens is 3. The van der Waals surface area contributed by atoms with E-state index in [2.05, 4.69) is 20.5 Å². The van der Waals surface area contributed by atoms with Gasteiger partial charge in [-0.15, -0.1) is 5.10 Å². The van der Waals surface area contributed by atoms with Gasteiger partial charge in [-0.05, 0) is 34.2 Å². The van der Waals surface area contributed by atoms with Gasteiger partial charge in [-0.2, -0.15) is 13.2 Å². The molecular formula is C21H21F3N6O2. The molecule has 2 aromatic heterocycles. The lowest BCUT2D eigenvalue weighted by Gasteiger charge is -2.33. The molecule has 1 amide bonds. The summed E-state index contributed by atoms with van der Waals surface area (Å²) in [6.07, 6.45) is -3.13. The van der Waals surface area contributed by atoms with Gasteiger partial charge in [0.2, 0.25) is 5.91 Å². The lowest BCUT2D eigenvalue weighted by molar-refractivity contribution is -0.139. The highest BCUT2D eigenvalue weighted by atomic mass is 19.4. The number of nitrogens with zero attached hydrogens (tertiary/aromatic N) is 6. The molecule has 1 aliphatic rings. The van der Waals surface area contributed by atoms with Crippen LogP contribution >= 0.6 is 0 Å². The Morgan fingerprint density at radius 1 is 1.16 bits per heavy atom. The third kappa shape index (κ3) is 5.28. The number of hydrogen-bond acceptors (Lipinski definition) is 6. The predicted molar refractivity (Wildman–Crippen MR) is 106 cm³/mol. The standard InChI is InChI=1S/C21H21F3N6O2/c22-21(23,24)17-6-2-1-4-15(17)12-16-5-3-7-18(26-16)19-13-29(10-11-32-19)20(31)8-9-30-14-25-27-28-30/h1-7,14,19H,8-13H2/t19-/m0/s1. The number of hydrogen-bond donors (Lipinski definition) is 0. The summed E-state index contributed by atoms with van der Waals surface area (Å²) in [7, 11) is 0. The average molecular weight is 446 g/mol. The lowest BCUT2D eigenvalue weighted by atomic mass is 10.0. The number of pyridine rings is 1. The number of carbonyl (C=O) groups is 1. The molecule has 168 valence electrons. The molecule has 1 aromatic carbocycles. The van der Waals surface area contributed by atoms with Crippen molar-refractivity contribution in [2.24, 2.45) is 0 Å². The fourth-order valence-corrected chi connectivity index (χ4v) is 3.63. The molecule has 4 rings (SSSR count). The molecule has 32 heavy (non-hydrogen) atoms. The van der Waals surface area contributed by atoms with Gasteiger partial charge in [0.1, 0.15) is 12.4 Å². The largest absolute Gasteiger partial charge is 0.416 e. The van der Waals surface area contributed by atoms with Crippen LogP contribution in [0.25, 0.3) is 0 Å². The number of tetrazole rings is 1. The number of carbonyl (C=O) groups excluding carboxylic acids is 1. The van der Waals surface area contributed by atoms with E-state index in [1.54, 1.807) is 29.2 Å². The number of benzene rings is 1. The molecule has 1 fully saturated rings. The molecule has 8 nitrogen and oxygen atoms in total. The third-order valence-electron chi connectivity index (χ3n) is 5.22. The molecule has 1 saturated heterocycles. The van der Waals surface area contributed by atoms with Crippen LogP contribution in [0.15, 0.2) is 48.8 Å². The van der Waals surface area contributed by atoms with E-state index >= 15 is 0 Å². The molecule has 0 bridgehead atoms. The fraction of sp³-hybridized carbons (Fsp3) is 0.381. The van der Waals surface area contributed by atoms with E-state index in [0.717, 1.165) is 6.07 Å². The summed E-state index contributed by atoms with van der Waals surface area (Å²) in [5, 5.41) is 10.8. The van der Waals surface area contributed by atoms with Crippen molar-refractivity contribution in [2.45, 2.75) is 31.7 Å². The van der Waals surface area contributed by atoms with Gasteiger partial charge in [0.25, 0.3) is 0 Å². The van der Waals surface area contributed by atoms with E-state index in [1.807, 2.05) is 0 Å². The minimum absolute atomic E-state index is 0.0465. The molecule has 3 heterocycles. The number of rotatable bonds is 6. The zero-order valence-corrected chi connectivity index (χ0v) is 17.1. The highest BCUT2D eigenvalue weighted by Gasteiger charge is 2.33. The number of aromatic nitrogens is 5. The highest BCUT2D eigenvalue weighted by molar-refractivity contribution is 5.76.